The van der Waals surface area contributed by atoms with E-state index < -0.39 is 12.1 Å². The third kappa shape index (κ3) is 2.05. The van der Waals surface area contributed by atoms with Gasteiger partial charge in [0, 0.05) is 0 Å². The first-order valence-electron chi connectivity index (χ1n) is 4.07. The summed E-state index contributed by atoms with van der Waals surface area (Å²) in [5.74, 6) is 0. The largest absolute Gasteiger partial charge is 0.392 e. The van der Waals surface area contributed by atoms with Crippen LogP contribution in [0, 0.1) is 0 Å². The third-order valence-corrected chi connectivity index (χ3v) is 3.71. The average Bonchev–Trinajstić information content (AvgIpc) is 2.59. The smallest absolute Gasteiger partial charge is 0.175 e. The first-order chi connectivity index (χ1) is 6.79. The molecule has 0 radical (unpaired) electrons. The van der Waals surface area contributed by atoms with E-state index in [9.17, 15) is 4.39 Å². The maximum absolute atomic E-state index is 12.8. The van der Waals surface area contributed by atoms with Crippen molar-refractivity contribution in [1.82, 2.24) is 4.98 Å². The first-order valence-corrected chi connectivity index (χ1v) is 5.76. The van der Waals surface area contributed by atoms with Gasteiger partial charge in [-0.25, -0.2) is 9.37 Å². The second-order valence-corrected chi connectivity index (χ2v) is 5.08. The summed E-state index contributed by atoms with van der Waals surface area (Å²) >= 11 is 2.40. The lowest BCUT2D eigenvalue weighted by atomic mass is 10.3. The predicted molar refractivity (Wildman–Crippen MR) is 57.5 cm³/mol. The molecule has 0 unspecified atom stereocenters. The maximum Gasteiger partial charge on any atom is 0.175 e. The minimum absolute atomic E-state index is 0.472. The van der Waals surface area contributed by atoms with Gasteiger partial charge < -0.3 is 5.11 Å². The molecule has 0 amide bonds. The number of thiazole rings is 1. The zero-order valence-corrected chi connectivity index (χ0v) is 8.82. The van der Waals surface area contributed by atoms with Crippen LogP contribution in [0.3, 0.4) is 0 Å². The highest BCUT2D eigenvalue weighted by atomic mass is 32.2. The van der Waals surface area contributed by atoms with Gasteiger partial charge in [0.25, 0.3) is 0 Å². The third-order valence-electron chi connectivity index (χ3n) is 1.65. The predicted octanol–water partition coefficient (Wildman–Crippen LogP) is 2.68. The van der Waals surface area contributed by atoms with Crippen molar-refractivity contribution in [3.63, 3.8) is 0 Å². The fourth-order valence-electron chi connectivity index (χ4n) is 1.05. The molecule has 1 aromatic heterocycles. The van der Waals surface area contributed by atoms with Crippen LogP contribution in [0.5, 0.6) is 0 Å². The van der Waals surface area contributed by atoms with Crippen LogP contribution in [0.15, 0.2) is 28.6 Å². The quantitative estimate of drug-likeness (QED) is 0.821. The standard InChI is InChI=1S/C9H8FNOS2/c10-8(5-12)14-9-11-6-3-1-2-4-7(6)13-9/h1-4,8,12H,5H2/t8-/m0/s1. The topological polar surface area (TPSA) is 33.1 Å². The molecule has 1 N–H and O–H groups in total. The summed E-state index contributed by atoms with van der Waals surface area (Å²) in [5.41, 5.74) is -0.402. The number of rotatable bonds is 3. The van der Waals surface area contributed by atoms with Crippen molar-refractivity contribution in [3.8, 4) is 0 Å². The van der Waals surface area contributed by atoms with Crippen molar-refractivity contribution in [3.05, 3.63) is 24.3 Å². The zero-order valence-electron chi connectivity index (χ0n) is 7.18. The van der Waals surface area contributed by atoms with E-state index in [0.29, 0.717) is 4.34 Å². The number of alkyl halides is 1. The molecule has 0 aliphatic rings. The molecule has 1 atom stereocenters. The van der Waals surface area contributed by atoms with Crippen molar-refractivity contribution in [2.24, 2.45) is 0 Å². The number of aromatic nitrogens is 1. The highest BCUT2D eigenvalue weighted by Gasteiger charge is 2.10. The number of benzene rings is 1. The number of thioether (sulfide) groups is 1. The van der Waals surface area contributed by atoms with Crippen molar-refractivity contribution in [2.45, 2.75) is 9.84 Å². The van der Waals surface area contributed by atoms with Gasteiger partial charge in [-0.15, -0.1) is 11.3 Å². The van der Waals surface area contributed by atoms with Crippen LogP contribution in [-0.4, -0.2) is 22.2 Å². The van der Waals surface area contributed by atoms with Crippen molar-refractivity contribution in [1.29, 1.82) is 0 Å². The SMILES string of the molecule is OC[C@@H](F)Sc1nc2ccccc2s1. The van der Waals surface area contributed by atoms with Gasteiger partial charge in [-0.3, -0.25) is 0 Å². The molecule has 2 rings (SSSR count). The number of hydrogen-bond donors (Lipinski definition) is 1. The fourth-order valence-corrected chi connectivity index (χ4v) is 2.96. The van der Waals surface area contributed by atoms with Crippen LogP contribution in [0.1, 0.15) is 0 Å². The molecular formula is C9H8FNOS2. The molecule has 0 aliphatic heterocycles. The molecule has 0 aliphatic carbocycles. The fraction of sp³-hybridized carbons (Fsp3) is 0.222. The minimum Gasteiger partial charge on any atom is -0.392 e. The minimum atomic E-state index is -1.28. The second-order valence-electron chi connectivity index (χ2n) is 2.66. The van der Waals surface area contributed by atoms with Crippen LogP contribution >= 0.6 is 23.1 Å². The molecule has 0 bridgehead atoms. The summed E-state index contributed by atoms with van der Waals surface area (Å²) in [6.07, 6.45) is 0. The Morgan fingerprint density at radius 1 is 1.50 bits per heavy atom. The second kappa shape index (κ2) is 4.25. The summed E-state index contributed by atoms with van der Waals surface area (Å²) in [6.45, 7) is -0.472. The lowest BCUT2D eigenvalue weighted by molar-refractivity contribution is 0.233. The average molecular weight is 229 g/mol. The van der Waals surface area contributed by atoms with E-state index in [4.69, 9.17) is 5.11 Å². The van der Waals surface area contributed by atoms with E-state index in [1.54, 1.807) is 0 Å². The molecule has 2 aromatic rings. The summed E-state index contributed by atoms with van der Waals surface area (Å²) in [4.78, 5) is 4.23. The summed E-state index contributed by atoms with van der Waals surface area (Å²) in [5, 5.41) is 8.55. The molecule has 14 heavy (non-hydrogen) atoms. The van der Waals surface area contributed by atoms with Crippen molar-refractivity contribution in [2.75, 3.05) is 6.61 Å². The van der Waals surface area contributed by atoms with Crippen LogP contribution < -0.4 is 0 Å². The number of hydrogen-bond acceptors (Lipinski definition) is 4. The molecular weight excluding hydrogens is 221 g/mol. The Hall–Kier alpha value is -0.650. The van der Waals surface area contributed by atoms with Crippen LogP contribution in [0.4, 0.5) is 4.39 Å². The van der Waals surface area contributed by atoms with E-state index in [1.165, 1.54) is 11.3 Å². The van der Waals surface area contributed by atoms with Gasteiger partial charge in [0.15, 0.2) is 9.84 Å². The van der Waals surface area contributed by atoms with Crippen LogP contribution in [-0.2, 0) is 0 Å². The van der Waals surface area contributed by atoms with Gasteiger partial charge >= 0.3 is 0 Å². The van der Waals surface area contributed by atoms with E-state index in [-0.39, 0.29) is 0 Å². The Bertz CT molecular complexity index is 398. The van der Waals surface area contributed by atoms with Gasteiger partial charge in [-0.2, -0.15) is 0 Å². The lowest BCUT2D eigenvalue weighted by Gasteiger charge is -1.98. The number of nitrogens with zero attached hydrogens (tertiary/aromatic N) is 1. The Kier molecular flexibility index (Phi) is 3.00. The molecule has 2 nitrogen and oxygen atoms in total. The first kappa shape index (κ1) is 9.89. The Balaban J connectivity index is 2.27. The van der Waals surface area contributed by atoms with Gasteiger partial charge in [0.2, 0.25) is 0 Å². The Labute approximate surface area is 88.8 Å². The summed E-state index contributed by atoms with van der Waals surface area (Å²) < 4.78 is 14.5. The van der Waals surface area contributed by atoms with E-state index in [2.05, 4.69) is 4.98 Å². The molecule has 74 valence electrons. The number of aliphatic hydroxyl groups is 1. The van der Waals surface area contributed by atoms with Gasteiger partial charge in [0.05, 0.1) is 16.8 Å². The highest BCUT2D eigenvalue weighted by Crippen LogP contribution is 2.31. The van der Waals surface area contributed by atoms with Crippen molar-refractivity contribution >= 4 is 33.3 Å². The van der Waals surface area contributed by atoms with Crippen LogP contribution in [0.2, 0.25) is 0 Å². The molecule has 0 fully saturated rings. The molecule has 0 saturated carbocycles. The highest BCUT2D eigenvalue weighted by molar-refractivity contribution is 8.01. The zero-order chi connectivity index (χ0) is 9.97. The maximum atomic E-state index is 12.8. The van der Waals surface area contributed by atoms with Gasteiger partial charge in [0.1, 0.15) is 0 Å². The Morgan fingerprint density at radius 3 is 3.00 bits per heavy atom. The van der Waals surface area contributed by atoms with E-state index >= 15 is 0 Å². The number of para-hydroxylation sites is 1. The number of aliphatic hydroxyl groups excluding tert-OH is 1. The summed E-state index contributed by atoms with van der Waals surface area (Å²) in [7, 11) is 0. The summed E-state index contributed by atoms with van der Waals surface area (Å²) in [6, 6.07) is 7.66. The molecule has 0 saturated heterocycles. The molecule has 0 spiro atoms. The number of halogens is 1. The van der Waals surface area contributed by atoms with Crippen molar-refractivity contribution < 1.29 is 9.50 Å². The monoisotopic (exact) mass is 229 g/mol. The van der Waals surface area contributed by atoms with Gasteiger partial charge in [-0.1, -0.05) is 23.9 Å². The number of fused-ring (bicyclic) bond motifs is 1. The molecule has 1 aromatic carbocycles. The van der Waals surface area contributed by atoms with Crippen LogP contribution in [0.25, 0.3) is 10.2 Å². The van der Waals surface area contributed by atoms with E-state index in [0.717, 1.165) is 22.0 Å². The molecule has 1 heterocycles. The lowest BCUT2D eigenvalue weighted by Crippen LogP contribution is -1.98. The Morgan fingerprint density at radius 2 is 2.29 bits per heavy atom. The molecule has 5 heteroatoms. The normalized spacial score (nSPS) is 13.3. The van der Waals surface area contributed by atoms with E-state index in [1.807, 2.05) is 24.3 Å². The van der Waals surface area contributed by atoms with Gasteiger partial charge in [-0.05, 0) is 12.1 Å².